The Morgan fingerprint density at radius 1 is 1.32 bits per heavy atom. The number of rotatable bonds is 0. The molecule has 1 saturated carbocycles. The van der Waals surface area contributed by atoms with Crippen LogP contribution in [0, 0.1) is 16.7 Å². The molecule has 0 aromatic heterocycles. The van der Waals surface area contributed by atoms with Gasteiger partial charge in [-0.15, -0.1) is 0 Å². The number of carbonyl (C=O) groups is 1. The maximum Gasteiger partial charge on any atom is 0.339 e. The van der Waals surface area contributed by atoms with Gasteiger partial charge >= 0.3 is 5.97 Å². The van der Waals surface area contributed by atoms with Crippen molar-refractivity contribution in [2.75, 3.05) is 0 Å². The van der Waals surface area contributed by atoms with Crippen LogP contribution in [0.3, 0.4) is 0 Å². The summed E-state index contributed by atoms with van der Waals surface area (Å²) in [6, 6.07) is 0. The SMILES string of the molecule is CC1(C)CCC[C@]2(C)[C@@H]1CC=C1C(=O)O[C@@H](O)[C@@]12O. The predicted molar refractivity (Wildman–Crippen MR) is 69.0 cm³/mol. The number of hydrogen-bond acceptors (Lipinski definition) is 4. The molecule has 3 rings (SSSR count). The molecule has 1 heterocycles. The number of ether oxygens (including phenoxy) is 1. The first-order chi connectivity index (χ1) is 8.73. The minimum absolute atomic E-state index is 0.0934. The van der Waals surface area contributed by atoms with Gasteiger partial charge in [0, 0.05) is 5.41 Å². The Morgan fingerprint density at radius 2 is 2.00 bits per heavy atom. The molecule has 1 saturated heterocycles. The van der Waals surface area contributed by atoms with Gasteiger partial charge in [0.25, 0.3) is 0 Å². The van der Waals surface area contributed by atoms with Crippen LogP contribution >= 0.6 is 0 Å². The molecule has 1 aliphatic heterocycles. The second-order valence-electron chi connectivity index (χ2n) is 7.19. The zero-order valence-corrected chi connectivity index (χ0v) is 11.8. The molecule has 2 fully saturated rings. The Hall–Kier alpha value is -0.870. The number of hydrogen-bond donors (Lipinski definition) is 2. The molecule has 4 nitrogen and oxygen atoms in total. The first-order valence-electron chi connectivity index (χ1n) is 7.05. The Bertz CT molecular complexity index is 467. The van der Waals surface area contributed by atoms with E-state index in [4.69, 9.17) is 4.74 Å². The zero-order valence-electron chi connectivity index (χ0n) is 11.8. The van der Waals surface area contributed by atoms with Crippen molar-refractivity contribution in [3.05, 3.63) is 11.6 Å². The summed E-state index contributed by atoms with van der Waals surface area (Å²) in [6.07, 6.45) is 4.02. The van der Waals surface area contributed by atoms with E-state index in [1.54, 1.807) is 6.08 Å². The van der Waals surface area contributed by atoms with E-state index in [-0.39, 0.29) is 16.9 Å². The highest BCUT2D eigenvalue weighted by Gasteiger charge is 2.68. The molecule has 0 aromatic carbocycles. The van der Waals surface area contributed by atoms with E-state index < -0.39 is 23.3 Å². The zero-order chi connectivity index (χ0) is 14.1. The maximum atomic E-state index is 11.8. The van der Waals surface area contributed by atoms with Gasteiger partial charge in [-0.25, -0.2) is 4.79 Å². The van der Waals surface area contributed by atoms with Crippen LogP contribution < -0.4 is 0 Å². The van der Waals surface area contributed by atoms with Crippen LogP contribution in [-0.4, -0.2) is 28.1 Å². The van der Waals surface area contributed by atoms with Gasteiger partial charge in [0.1, 0.15) is 0 Å². The molecule has 0 amide bonds. The lowest BCUT2D eigenvalue weighted by molar-refractivity contribution is -0.230. The summed E-state index contributed by atoms with van der Waals surface area (Å²) in [7, 11) is 0. The topological polar surface area (TPSA) is 66.8 Å². The molecule has 19 heavy (non-hydrogen) atoms. The molecule has 0 bridgehead atoms. The van der Waals surface area contributed by atoms with E-state index >= 15 is 0 Å². The smallest absolute Gasteiger partial charge is 0.339 e. The van der Waals surface area contributed by atoms with Gasteiger partial charge in [-0.2, -0.15) is 0 Å². The lowest BCUT2D eigenvalue weighted by atomic mass is 9.47. The lowest BCUT2D eigenvalue weighted by Gasteiger charge is -2.58. The first kappa shape index (κ1) is 13.1. The summed E-state index contributed by atoms with van der Waals surface area (Å²) in [6.45, 7) is 6.42. The summed E-state index contributed by atoms with van der Waals surface area (Å²) >= 11 is 0. The summed E-state index contributed by atoms with van der Waals surface area (Å²) in [5.41, 5.74) is -1.71. The fraction of sp³-hybridized carbons (Fsp3) is 0.800. The van der Waals surface area contributed by atoms with E-state index in [0.29, 0.717) is 0 Å². The first-order valence-corrected chi connectivity index (χ1v) is 7.05. The number of carbonyl (C=O) groups excluding carboxylic acids is 1. The number of aliphatic hydroxyl groups excluding tert-OH is 1. The largest absolute Gasteiger partial charge is 0.429 e. The van der Waals surface area contributed by atoms with Gasteiger partial charge in [0.15, 0.2) is 5.60 Å². The third-order valence-electron chi connectivity index (χ3n) is 5.86. The van der Waals surface area contributed by atoms with E-state index in [9.17, 15) is 15.0 Å². The monoisotopic (exact) mass is 266 g/mol. The van der Waals surface area contributed by atoms with Crippen molar-refractivity contribution >= 4 is 5.97 Å². The molecule has 106 valence electrons. The minimum Gasteiger partial charge on any atom is -0.429 e. The maximum absolute atomic E-state index is 11.8. The summed E-state index contributed by atoms with van der Waals surface area (Å²) < 4.78 is 4.89. The van der Waals surface area contributed by atoms with Crippen molar-refractivity contribution in [1.82, 2.24) is 0 Å². The van der Waals surface area contributed by atoms with E-state index in [1.165, 1.54) is 0 Å². The van der Waals surface area contributed by atoms with Crippen molar-refractivity contribution in [2.24, 2.45) is 16.7 Å². The Kier molecular flexibility index (Phi) is 2.50. The van der Waals surface area contributed by atoms with Gasteiger partial charge in [0.05, 0.1) is 5.57 Å². The molecule has 0 aromatic rings. The second-order valence-corrected chi connectivity index (χ2v) is 7.19. The van der Waals surface area contributed by atoms with E-state index in [2.05, 4.69) is 13.8 Å². The van der Waals surface area contributed by atoms with Gasteiger partial charge in [-0.05, 0) is 30.6 Å². The Morgan fingerprint density at radius 3 is 2.68 bits per heavy atom. The van der Waals surface area contributed by atoms with Crippen LogP contribution in [0.5, 0.6) is 0 Å². The third kappa shape index (κ3) is 1.39. The molecular weight excluding hydrogens is 244 g/mol. The number of fused-ring (bicyclic) bond motifs is 3. The van der Waals surface area contributed by atoms with Crippen LogP contribution in [0.1, 0.15) is 46.5 Å². The molecule has 0 radical (unpaired) electrons. The number of allylic oxidation sites excluding steroid dienone is 1. The van der Waals surface area contributed by atoms with Crippen molar-refractivity contribution in [2.45, 2.75) is 58.3 Å². The molecular formula is C15H22O4. The Balaban J connectivity index is 2.16. The van der Waals surface area contributed by atoms with E-state index in [0.717, 1.165) is 25.7 Å². The molecule has 2 N–H and O–H groups in total. The van der Waals surface area contributed by atoms with E-state index in [1.807, 2.05) is 6.92 Å². The fourth-order valence-electron chi connectivity index (χ4n) is 4.76. The third-order valence-corrected chi connectivity index (χ3v) is 5.86. The molecule has 4 heteroatoms. The summed E-state index contributed by atoms with van der Waals surface area (Å²) in [5, 5.41) is 21.2. The van der Waals surface area contributed by atoms with Crippen molar-refractivity contribution in [1.29, 1.82) is 0 Å². The quantitative estimate of drug-likeness (QED) is 0.656. The number of aliphatic hydroxyl groups is 2. The highest BCUT2D eigenvalue weighted by Crippen LogP contribution is 2.63. The minimum atomic E-state index is -1.55. The van der Waals surface area contributed by atoms with Gasteiger partial charge in [-0.3, -0.25) is 0 Å². The van der Waals surface area contributed by atoms with Crippen LogP contribution in [0.15, 0.2) is 11.6 Å². The standard InChI is InChI=1S/C15H22O4/c1-13(2)7-4-8-14(3)10(13)6-5-9-11(16)19-12(17)15(9,14)18/h5,10,12,17-18H,4,6-8H2,1-3H3/t10-,12-,14-,15+/m1/s1. The normalized spacial score (nSPS) is 48.1. The molecule has 0 spiro atoms. The summed E-state index contributed by atoms with van der Waals surface area (Å²) in [4.78, 5) is 11.8. The molecule has 3 aliphatic rings. The predicted octanol–water partition coefficient (Wildman–Crippen LogP) is 1.76. The molecule has 4 atom stereocenters. The van der Waals surface area contributed by atoms with Crippen molar-refractivity contribution in [3.63, 3.8) is 0 Å². The molecule has 0 unspecified atom stereocenters. The fourth-order valence-corrected chi connectivity index (χ4v) is 4.76. The average Bonchev–Trinajstić information content (AvgIpc) is 2.52. The Labute approximate surface area is 113 Å². The lowest BCUT2D eigenvalue weighted by Crippen LogP contribution is -2.62. The highest BCUT2D eigenvalue weighted by atomic mass is 16.7. The van der Waals surface area contributed by atoms with Crippen LogP contribution in [0.4, 0.5) is 0 Å². The second kappa shape index (κ2) is 3.61. The van der Waals surface area contributed by atoms with Gasteiger partial charge in [0.2, 0.25) is 6.29 Å². The van der Waals surface area contributed by atoms with Crippen molar-refractivity contribution in [3.8, 4) is 0 Å². The average molecular weight is 266 g/mol. The highest BCUT2D eigenvalue weighted by molar-refractivity contribution is 5.94. The van der Waals surface area contributed by atoms with Crippen molar-refractivity contribution < 1.29 is 19.7 Å². The number of cyclic esters (lactones) is 1. The molecule has 2 aliphatic carbocycles. The number of esters is 1. The van der Waals surface area contributed by atoms with Gasteiger partial charge < -0.3 is 14.9 Å². The van der Waals surface area contributed by atoms with Crippen LogP contribution in [0.2, 0.25) is 0 Å². The van der Waals surface area contributed by atoms with Crippen LogP contribution in [0.25, 0.3) is 0 Å². The van der Waals surface area contributed by atoms with Gasteiger partial charge in [-0.1, -0.05) is 33.3 Å². The summed E-state index contributed by atoms with van der Waals surface area (Å²) in [5.74, 6) is -0.329. The van der Waals surface area contributed by atoms with Crippen LogP contribution in [-0.2, 0) is 9.53 Å².